The Balaban J connectivity index is 2.34. The van der Waals surface area contributed by atoms with E-state index in [-0.39, 0.29) is 5.41 Å². The molecule has 0 saturated heterocycles. The lowest BCUT2D eigenvalue weighted by Gasteiger charge is -2.17. The molecule has 0 radical (unpaired) electrons. The zero-order valence-electron chi connectivity index (χ0n) is 12.6. The van der Waals surface area contributed by atoms with Crippen LogP contribution in [0.1, 0.15) is 59.8 Å². The number of unbranched alkanes of at least 4 members (excludes halogenated alkanes) is 4. The minimum atomic E-state index is 0.151. The Hall–Kier alpha value is -0.980. The van der Waals surface area contributed by atoms with Crippen molar-refractivity contribution in [2.45, 2.75) is 59.8 Å². The van der Waals surface area contributed by atoms with Gasteiger partial charge in [0.05, 0.1) is 0 Å². The van der Waals surface area contributed by atoms with Crippen LogP contribution in [0.15, 0.2) is 35.6 Å². The highest BCUT2D eigenvalue weighted by Crippen LogP contribution is 2.25. The molecule has 0 atom stereocenters. The molecule has 1 nitrogen and oxygen atoms in total. The molecule has 1 aliphatic carbocycles. The predicted molar refractivity (Wildman–Crippen MR) is 81.5 cm³/mol. The lowest BCUT2D eigenvalue weighted by Crippen LogP contribution is -2.16. The van der Waals surface area contributed by atoms with E-state index in [2.05, 4.69) is 57.3 Å². The monoisotopic (exact) mass is 247 g/mol. The average molecular weight is 247 g/mol. The van der Waals surface area contributed by atoms with E-state index in [0.717, 1.165) is 6.54 Å². The number of rotatable bonds is 7. The van der Waals surface area contributed by atoms with Crippen LogP contribution in [0, 0.1) is 5.41 Å². The van der Waals surface area contributed by atoms with Crippen molar-refractivity contribution in [3.8, 4) is 0 Å². The Morgan fingerprint density at radius 2 is 1.72 bits per heavy atom. The standard InChI is InChI=1S/C17H29N/c1-5-6-7-8-9-12-18-16-11-10-15(2)13-17(3,4)14-16/h10-11,13-14,18H,5-9,12H2,1-4H3. The third-order valence-corrected chi connectivity index (χ3v) is 3.26. The van der Waals surface area contributed by atoms with Gasteiger partial charge >= 0.3 is 0 Å². The molecule has 0 aromatic heterocycles. The molecule has 1 aliphatic rings. The van der Waals surface area contributed by atoms with Crippen LogP contribution in [-0.2, 0) is 0 Å². The van der Waals surface area contributed by atoms with Gasteiger partial charge in [-0.15, -0.1) is 0 Å². The van der Waals surface area contributed by atoms with E-state index in [0.29, 0.717) is 0 Å². The molecule has 0 spiro atoms. The van der Waals surface area contributed by atoms with Crippen molar-refractivity contribution in [1.29, 1.82) is 0 Å². The number of hydrogen-bond acceptors (Lipinski definition) is 1. The first-order chi connectivity index (χ1) is 8.53. The van der Waals surface area contributed by atoms with Crippen LogP contribution in [0.2, 0.25) is 0 Å². The third kappa shape index (κ3) is 6.09. The molecule has 0 heterocycles. The topological polar surface area (TPSA) is 12.0 Å². The zero-order chi connectivity index (χ0) is 13.4. The van der Waals surface area contributed by atoms with Crippen LogP contribution in [0.5, 0.6) is 0 Å². The van der Waals surface area contributed by atoms with Gasteiger partial charge in [0.15, 0.2) is 0 Å². The molecule has 102 valence electrons. The molecule has 0 aliphatic heterocycles. The molecule has 0 fully saturated rings. The van der Waals surface area contributed by atoms with Gasteiger partial charge in [-0.05, 0) is 19.4 Å². The SMILES string of the molecule is CCCCCCCNC1=CC(C)(C)C=C(C)C=C1. The van der Waals surface area contributed by atoms with E-state index in [9.17, 15) is 0 Å². The average Bonchev–Trinajstić information content (AvgIpc) is 2.41. The Kier molecular flexibility index (Phi) is 6.24. The minimum absolute atomic E-state index is 0.151. The Morgan fingerprint density at radius 1 is 1.00 bits per heavy atom. The second kappa shape index (κ2) is 7.45. The molecule has 0 saturated carbocycles. The summed E-state index contributed by atoms with van der Waals surface area (Å²) in [5.74, 6) is 0. The largest absolute Gasteiger partial charge is 0.385 e. The van der Waals surface area contributed by atoms with Crippen molar-refractivity contribution in [3.05, 3.63) is 35.6 Å². The maximum absolute atomic E-state index is 3.56. The zero-order valence-corrected chi connectivity index (χ0v) is 12.6. The Bertz CT molecular complexity index is 332. The highest BCUT2D eigenvalue weighted by Gasteiger charge is 2.13. The van der Waals surface area contributed by atoms with Gasteiger partial charge < -0.3 is 5.32 Å². The quantitative estimate of drug-likeness (QED) is 0.626. The molecular weight excluding hydrogens is 218 g/mol. The maximum atomic E-state index is 3.56. The van der Waals surface area contributed by atoms with Crippen molar-refractivity contribution in [3.63, 3.8) is 0 Å². The van der Waals surface area contributed by atoms with Crippen molar-refractivity contribution in [2.24, 2.45) is 5.41 Å². The summed E-state index contributed by atoms with van der Waals surface area (Å²) in [4.78, 5) is 0. The van der Waals surface area contributed by atoms with Crippen LogP contribution in [-0.4, -0.2) is 6.54 Å². The van der Waals surface area contributed by atoms with Crippen molar-refractivity contribution < 1.29 is 0 Å². The molecule has 1 N–H and O–H groups in total. The second-order valence-corrected chi connectivity index (χ2v) is 5.98. The molecule has 18 heavy (non-hydrogen) atoms. The van der Waals surface area contributed by atoms with Crippen LogP contribution < -0.4 is 5.32 Å². The van der Waals surface area contributed by atoms with Gasteiger partial charge in [-0.2, -0.15) is 0 Å². The lowest BCUT2D eigenvalue weighted by atomic mass is 9.91. The van der Waals surface area contributed by atoms with E-state index < -0.39 is 0 Å². The van der Waals surface area contributed by atoms with Crippen LogP contribution in [0.3, 0.4) is 0 Å². The fourth-order valence-corrected chi connectivity index (χ4v) is 2.42. The first kappa shape index (κ1) is 15.1. The first-order valence-corrected chi connectivity index (χ1v) is 7.38. The van der Waals surface area contributed by atoms with E-state index in [4.69, 9.17) is 0 Å². The highest BCUT2D eigenvalue weighted by atomic mass is 14.9. The van der Waals surface area contributed by atoms with Crippen LogP contribution in [0.25, 0.3) is 0 Å². The summed E-state index contributed by atoms with van der Waals surface area (Å²) in [6.45, 7) is 10.0. The van der Waals surface area contributed by atoms with Crippen molar-refractivity contribution >= 4 is 0 Å². The van der Waals surface area contributed by atoms with E-state index in [1.54, 1.807) is 0 Å². The molecular formula is C17H29N. The minimum Gasteiger partial charge on any atom is -0.385 e. The maximum Gasteiger partial charge on any atom is 0.0308 e. The summed E-state index contributed by atoms with van der Waals surface area (Å²) in [6, 6.07) is 0. The summed E-state index contributed by atoms with van der Waals surface area (Å²) in [6.07, 6.45) is 15.7. The Labute approximate surface area is 113 Å². The number of nitrogens with one attached hydrogen (secondary N) is 1. The summed E-state index contributed by atoms with van der Waals surface area (Å²) in [5.41, 5.74) is 2.76. The molecule has 0 unspecified atom stereocenters. The van der Waals surface area contributed by atoms with Gasteiger partial charge in [0, 0.05) is 17.7 Å². The lowest BCUT2D eigenvalue weighted by molar-refractivity contribution is 0.595. The highest BCUT2D eigenvalue weighted by molar-refractivity contribution is 5.34. The normalized spacial score (nSPS) is 18.0. The van der Waals surface area contributed by atoms with Gasteiger partial charge in [0.25, 0.3) is 0 Å². The number of hydrogen-bond donors (Lipinski definition) is 1. The van der Waals surface area contributed by atoms with Gasteiger partial charge in [-0.25, -0.2) is 0 Å². The molecule has 0 amide bonds. The Morgan fingerprint density at radius 3 is 2.44 bits per heavy atom. The molecule has 0 aromatic rings. The van der Waals surface area contributed by atoms with Crippen molar-refractivity contribution in [2.75, 3.05) is 6.54 Å². The van der Waals surface area contributed by atoms with Gasteiger partial charge in [-0.1, -0.05) is 70.3 Å². The van der Waals surface area contributed by atoms with Gasteiger partial charge in [-0.3, -0.25) is 0 Å². The van der Waals surface area contributed by atoms with Gasteiger partial charge in [0.1, 0.15) is 0 Å². The molecule has 0 aromatic carbocycles. The fraction of sp³-hybridized carbons (Fsp3) is 0.647. The summed E-state index contributed by atoms with van der Waals surface area (Å²) in [5, 5.41) is 3.56. The second-order valence-electron chi connectivity index (χ2n) is 5.98. The van der Waals surface area contributed by atoms with E-state index >= 15 is 0 Å². The summed E-state index contributed by atoms with van der Waals surface area (Å²) < 4.78 is 0. The number of allylic oxidation sites excluding steroid dienone is 5. The van der Waals surface area contributed by atoms with Gasteiger partial charge in [0.2, 0.25) is 0 Å². The first-order valence-electron chi connectivity index (χ1n) is 7.38. The van der Waals surface area contributed by atoms with E-state index in [1.165, 1.54) is 43.4 Å². The predicted octanol–water partition coefficient (Wildman–Crippen LogP) is 4.97. The molecule has 0 bridgehead atoms. The summed E-state index contributed by atoms with van der Waals surface area (Å²) in [7, 11) is 0. The smallest absolute Gasteiger partial charge is 0.0308 e. The van der Waals surface area contributed by atoms with Crippen LogP contribution in [0.4, 0.5) is 0 Å². The third-order valence-electron chi connectivity index (χ3n) is 3.26. The molecule has 1 rings (SSSR count). The van der Waals surface area contributed by atoms with Crippen molar-refractivity contribution in [1.82, 2.24) is 5.32 Å². The summed E-state index contributed by atoms with van der Waals surface area (Å²) >= 11 is 0. The molecule has 1 heteroatoms. The van der Waals surface area contributed by atoms with E-state index in [1.807, 2.05) is 0 Å². The van der Waals surface area contributed by atoms with Crippen LogP contribution >= 0.6 is 0 Å². The fourth-order valence-electron chi connectivity index (χ4n) is 2.42.